The third-order valence-corrected chi connectivity index (χ3v) is 6.59. The van der Waals surface area contributed by atoms with E-state index < -0.39 is 19.3 Å². The van der Waals surface area contributed by atoms with Crippen LogP contribution in [0, 0.1) is 25.2 Å². The van der Waals surface area contributed by atoms with Gasteiger partial charge in [-0.05, 0) is 61.2 Å². The van der Waals surface area contributed by atoms with Gasteiger partial charge in [0.25, 0.3) is 11.5 Å². The van der Waals surface area contributed by atoms with Crippen molar-refractivity contribution < 1.29 is 19.1 Å². The lowest BCUT2D eigenvalue weighted by Gasteiger charge is -2.24. The monoisotopic (exact) mass is 496 g/mol. The predicted molar refractivity (Wildman–Crippen MR) is 136 cm³/mol. The molecule has 0 aliphatic rings. The average molecular weight is 497 g/mol. The van der Waals surface area contributed by atoms with Crippen molar-refractivity contribution in [1.82, 2.24) is 15.3 Å². The molecule has 3 rings (SSSR count). The van der Waals surface area contributed by atoms with E-state index in [9.17, 15) is 23.9 Å². The number of fused-ring (bicyclic) bond motifs is 1. The van der Waals surface area contributed by atoms with Gasteiger partial charge in [0.2, 0.25) is 0 Å². The molecule has 0 saturated carbocycles. The van der Waals surface area contributed by atoms with Gasteiger partial charge in [0.1, 0.15) is 11.6 Å². The molecule has 9 nitrogen and oxygen atoms in total. The molecular weight excluding hydrogens is 467 g/mol. The summed E-state index contributed by atoms with van der Waals surface area (Å²) < 4.78 is 11.8. The molecule has 1 aromatic heterocycles. The lowest BCUT2D eigenvalue weighted by molar-refractivity contribution is 0.0939. The van der Waals surface area contributed by atoms with Gasteiger partial charge >= 0.3 is 7.60 Å². The number of anilines is 1. The van der Waals surface area contributed by atoms with Crippen LogP contribution >= 0.6 is 7.60 Å². The molecule has 0 aliphatic heterocycles. The fourth-order valence-electron chi connectivity index (χ4n) is 3.76. The highest BCUT2D eigenvalue weighted by Crippen LogP contribution is 2.42. The minimum Gasteiger partial charge on any atom is -0.356 e. The molecule has 1 heterocycles. The Labute approximate surface area is 203 Å². The third kappa shape index (κ3) is 6.80. The van der Waals surface area contributed by atoms with Crippen LogP contribution in [0.1, 0.15) is 42.0 Å². The van der Waals surface area contributed by atoms with Crippen molar-refractivity contribution in [3.63, 3.8) is 0 Å². The largest absolute Gasteiger partial charge is 0.356 e. The fraction of sp³-hybridized carbons (Fsp3) is 0.320. The van der Waals surface area contributed by atoms with Gasteiger partial charge in [-0.1, -0.05) is 25.8 Å². The molecule has 1 unspecified atom stereocenters. The van der Waals surface area contributed by atoms with Gasteiger partial charge in [-0.2, -0.15) is 0 Å². The van der Waals surface area contributed by atoms with Crippen molar-refractivity contribution in [1.29, 1.82) is 0 Å². The first-order chi connectivity index (χ1) is 16.5. The second-order valence-electron chi connectivity index (χ2n) is 8.82. The second-order valence-corrected chi connectivity index (χ2v) is 10.6. The molecule has 4 N–H and O–H groups in total. The van der Waals surface area contributed by atoms with Crippen molar-refractivity contribution in [2.45, 2.75) is 39.5 Å². The number of carbonyl (C=O) groups is 1. The molecule has 10 heteroatoms. The smallest absolute Gasteiger partial charge is 0.347 e. The zero-order chi connectivity index (χ0) is 25.8. The highest BCUT2D eigenvalue weighted by atomic mass is 31.2. The summed E-state index contributed by atoms with van der Waals surface area (Å²) in [6.07, 6.45) is 5.73. The normalized spacial score (nSPS) is 12.4. The van der Waals surface area contributed by atoms with Crippen LogP contribution < -0.4 is 15.8 Å². The summed E-state index contributed by atoms with van der Waals surface area (Å²) in [5, 5.41) is 2.95. The van der Waals surface area contributed by atoms with Crippen LogP contribution in [-0.2, 0) is 11.1 Å². The maximum Gasteiger partial charge on any atom is 0.347 e. The van der Waals surface area contributed by atoms with Crippen molar-refractivity contribution in [3.05, 3.63) is 69.8 Å². The Balaban J connectivity index is 1.79. The van der Waals surface area contributed by atoms with Crippen LogP contribution in [-0.4, -0.2) is 38.0 Å². The third-order valence-electron chi connectivity index (χ3n) is 5.44. The van der Waals surface area contributed by atoms with E-state index in [-0.39, 0.29) is 23.5 Å². The van der Waals surface area contributed by atoms with E-state index in [4.69, 9.17) is 6.42 Å². The second kappa shape index (κ2) is 10.9. The number of amides is 1. The van der Waals surface area contributed by atoms with Crippen LogP contribution in [0.3, 0.4) is 0 Å². The molecule has 35 heavy (non-hydrogen) atoms. The van der Waals surface area contributed by atoms with Crippen molar-refractivity contribution >= 4 is 30.1 Å². The van der Waals surface area contributed by atoms with Crippen LogP contribution in [0.25, 0.3) is 10.9 Å². The molecule has 0 radical (unpaired) electrons. The molecule has 0 bridgehead atoms. The summed E-state index contributed by atoms with van der Waals surface area (Å²) in [6, 6.07) is 12.1. The quantitative estimate of drug-likeness (QED) is 0.264. The summed E-state index contributed by atoms with van der Waals surface area (Å²) in [5.74, 6) is 1.35. The summed E-state index contributed by atoms with van der Waals surface area (Å²) in [7, 11) is -4.49. The summed E-state index contributed by atoms with van der Waals surface area (Å²) >= 11 is 0. The molecule has 0 fully saturated rings. The molecule has 0 aliphatic carbocycles. The lowest BCUT2D eigenvalue weighted by atomic mass is 10.1. The minimum absolute atomic E-state index is 0.00174. The molecule has 2 aromatic carbocycles. The Morgan fingerprint density at radius 3 is 2.51 bits per heavy atom. The first kappa shape index (κ1) is 26.2. The topological polar surface area (TPSA) is 136 Å². The predicted octanol–water partition coefficient (Wildman–Crippen LogP) is 3.15. The van der Waals surface area contributed by atoms with Crippen molar-refractivity contribution in [2.75, 3.05) is 11.4 Å². The number of rotatable bonds is 9. The van der Waals surface area contributed by atoms with Crippen LogP contribution in [0.4, 0.5) is 5.69 Å². The van der Waals surface area contributed by atoms with Gasteiger partial charge in [-0.15, -0.1) is 6.42 Å². The standard InChI is InChI=1S/C25H29N4O5P/c1-5-12-29(15-18-6-11-22-21(14-18)25(31)27-17(4)26-22)20-9-7-19(8-10-20)24(30)28-23(13-16(2)3)35(32,33)34/h1,6-11,14,16,23H,12-13,15H2,2-4H3,(H,28,30)(H,26,27,31)(H2,32,33,34). The number of benzene rings is 2. The number of hydrogen-bond acceptors (Lipinski definition) is 5. The van der Waals surface area contributed by atoms with Gasteiger partial charge in [0, 0.05) is 17.8 Å². The molecule has 0 spiro atoms. The molecule has 0 saturated heterocycles. The number of terminal acetylenes is 1. The highest BCUT2D eigenvalue weighted by Gasteiger charge is 2.31. The van der Waals surface area contributed by atoms with Crippen LogP contribution in [0.5, 0.6) is 0 Å². The molecule has 3 aromatic rings. The number of nitrogens with one attached hydrogen (secondary N) is 2. The maximum absolute atomic E-state index is 12.6. The van der Waals surface area contributed by atoms with Crippen molar-refractivity contribution in [3.8, 4) is 12.3 Å². The number of aromatic nitrogens is 2. The minimum atomic E-state index is -4.49. The number of carbonyl (C=O) groups excluding carboxylic acids is 1. The van der Waals surface area contributed by atoms with Gasteiger partial charge in [-0.3, -0.25) is 14.2 Å². The van der Waals surface area contributed by atoms with Crippen LogP contribution in [0.2, 0.25) is 0 Å². The number of nitrogens with zero attached hydrogens (tertiary/aromatic N) is 2. The molecule has 184 valence electrons. The van der Waals surface area contributed by atoms with E-state index in [1.807, 2.05) is 24.8 Å². The van der Waals surface area contributed by atoms with Gasteiger partial charge in [0.05, 0.1) is 17.4 Å². The van der Waals surface area contributed by atoms with E-state index in [1.54, 1.807) is 43.3 Å². The Morgan fingerprint density at radius 2 is 1.91 bits per heavy atom. The number of hydrogen-bond donors (Lipinski definition) is 4. The maximum atomic E-state index is 12.6. The van der Waals surface area contributed by atoms with E-state index in [2.05, 4.69) is 21.2 Å². The highest BCUT2D eigenvalue weighted by molar-refractivity contribution is 7.52. The van der Waals surface area contributed by atoms with Crippen molar-refractivity contribution in [2.24, 2.45) is 5.92 Å². The lowest BCUT2D eigenvalue weighted by Crippen LogP contribution is -2.35. The number of aromatic amines is 1. The molecule has 1 atom stereocenters. The summed E-state index contributed by atoms with van der Waals surface area (Å²) in [4.78, 5) is 53.0. The van der Waals surface area contributed by atoms with E-state index >= 15 is 0 Å². The Bertz CT molecular complexity index is 1360. The molecular formula is C25H29N4O5P. The Morgan fingerprint density at radius 1 is 1.23 bits per heavy atom. The zero-order valence-corrected chi connectivity index (χ0v) is 20.8. The Hall–Kier alpha value is -3.44. The number of H-pyrrole nitrogens is 1. The zero-order valence-electron chi connectivity index (χ0n) is 19.9. The first-order valence-electron chi connectivity index (χ1n) is 11.1. The van der Waals surface area contributed by atoms with E-state index in [0.717, 1.165) is 11.3 Å². The molecule has 1 amide bonds. The van der Waals surface area contributed by atoms with Crippen LogP contribution in [0.15, 0.2) is 47.3 Å². The van der Waals surface area contributed by atoms with Gasteiger partial charge in [0.15, 0.2) is 0 Å². The average Bonchev–Trinajstić information content (AvgIpc) is 2.78. The first-order valence-corrected chi connectivity index (χ1v) is 12.8. The van der Waals surface area contributed by atoms with Gasteiger partial charge < -0.3 is 25.0 Å². The summed E-state index contributed by atoms with van der Waals surface area (Å²) in [6.45, 7) is 6.10. The fourth-order valence-corrected chi connectivity index (χ4v) is 4.74. The summed E-state index contributed by atoms with van der Waals surface area (Å²) in [5.41, 5.74) is 2.29. The van der Waals surface area contributed by atoms with E-state index in [0.29, 0.717) is 29.8 Å². The van der Waals surface area contributed by atoms with E-state index in [1.165, 1.54) is 0 Å². The van der Waals surface area contributed by atoms with Gasteiger partial charge in [-0.25, -0.2) is 4.98 Å². The number of aryl methyl sites for hydroxylation is 1. The Kier molecular flexibility index (Phi) is 8.13. The SMILES string of the molecule is C#CCN(Cc1ccc2nc(C)[nH]c(=O)c2c1)c1ccc(C(=O)NC(CC(C)C)P(=O)(O)O)cc1.